The van der Waals surface area contributed by atoms with Crippen LogP contribution in [0.3, 0.4) is 0 Å². The number of fused-ring (bicyclic) bond motifs is 2. The SMILES string of the molecule is c1cc2c(cc1N1CCC3CCCCC31)NCCC2. The van der Waals surface area contributed by atoms with Crippen molar-refractivity contribution in [1.82, 2.24) is 0 Å². The molecule has 19 heavy (non-hydrogen) atoms. The molecule has 2 heterocycles. The molecule has 2 nitrogen and oxygen atoms in total. The van der Waals surface area contributed by atoms with Crippen molar-refractivity contribution in [2.45, 2.75) is 51.0 Å². The van der Waals surface area contributed by atoms with Gasteiger partial charge in [0.05, 0.1) is 0 Å². The molecule has 2 fully saturated rings. The van der Waals surface area contributed by atoms with Crippen molar-refractivity contribution >= 4 is 11.4 Å². The molecule has 1 saturated carbocycles. The van der Waals surface area contributed by atoms with E-state index in [2.05, 4.69) is 28.4 Å². The van der Waals surface area contributed by atoms with Crippen molar-refractivity contribution in [3.05, 3.63) is 23.8 Å². The van der Waals surface area contributed by atoms with Gasteiger partial charge in [-0.25, -0.2) is 0 Å². The number of nitrogens with one attached hydrogen (secondary N) is 1. The molecule has 1 aliphatic carbocycles. The van der Waals surface area contributed by atoms with E-state index in [9.17, 15) is 0 Å². The van der Waals surface area contributed by atoms with E-state index in [-0.39, 0.29) is 0 Å². The summed E-state index contributed by atoms with van der Waals surface area (Å²) < 4.78 is 0. The fourth-order valence-corrected chi connectivity index (χ4v) is 4.35. The molecule has 1 aromatic rings. The fourth-order valence-electron chi connectivity index (χ4n) is 4.35. The molecule has 0 aromatic heterocycles. The third-order valence-electron chi connectivity index (χ3n) is 5.37. The first-order valence-corrected chi connectivity index (χ1v) is 8.05. The molecule has 0 amide bonds. The third-order valence-corrected chi connectivity index (χ3v) is 5.37. The van der Waals surface area contributed by atoms with Crippen molar-refractivity contribution in [1.29, 1.82) is 0 Å². The van der Waals surface area contributed by atoms with Crippen LogP contribution in [0.5, 0.6) is 0 Å². The lowest BCUT2D eigenvalue weighted by atomic mass is 9.85. The Bertz CT molecular complexity index is 468. The van der Waals surface area contributed by atoms with Crippen LogP contribution in [-0.4, -0.2) is 19.1 Å². The van der Waals surface area contributed by atoms with Crippen LogP contribution in [0.4, 0.5) is 11.4 Å². The number of aryl methyl sites for hydroxylation is 1. The molecular weight excluding hydrogens is 232 g/mol. The van der Waals surface area contributed by atoms with E-state index >= 15 is 0 Å². The first kappa shape index (κ1) is 11.6. The Kier molecular flexibility index (Phi) is 2.90. The molecule has 2 aliphatic heterocycles. The van der Waals surface area contributed by atoms with Crippen molar-refractivity contribution in [3.8, 4) is 0 Å². The van der Waals surface area contributed by atoms with Crippen molar-refractivity contribution in [2.24, 2.45) is 5.92 Å². The Labute approximate surface area is 116 Å². The van der Waals surface area contributed by atoms with Gasteiger partial charge in [0.25, 0.3) is 0 Å². The van der Waals surface area contributed by atoms with Gasteiger partial charge in [0.15, 0.2) is 0 Å². The zero-order valence-electron chi connectivity index (χ0n) is 11.7. The maximum Gasteiger partial charge on any atom is 0.0393 e. The smallest absolute Gasteiger partial charge is 0.0393 e. The Morgan fingerprint density at radius 3 is 3.00 bits per heavy atom. The molecule has 102 valence electrons. The molecule has 0 spiro atoms. The highest BCUT2D eigenvalue weighted by Gasteiger charge is 2.35. The molecule has 2 heteroatoms. The van der Waals surface area contributed by atoms with E-state index in [1.165, 1.54) is 68.4 Å². The molecule has 1 saturated heterocycles. The van der Waals surface area contributed by atoms with Crippen LogP contribution in [0.1, 0.15) is 44.1 Å². The molecule has 1 aromatic carbocycles. The lowest BCUT2D eigenvalue weighted by Crippen LogP contribution is -2.34. The van der Waals surface area contributed by atoms with Gasteiger partial charge in [0.2, 0.25) is 0 Å². The summed E-state index contributed by atoms with van der Waals surface area (Å²) in [5, 5.41) is 3.57. The van der Waals surface area contributed by atoms with Crippen molar-refractivity contribution in [3.63, 3.8) is 0 Å². The number of benzene rings is 1. The maximum absolute atomic E-state index is 3.57. The predicted octanol–water partition coefficient (Wildman–Crippen LogP) is 3.81. The van der Waals surface area contributed by atoms with Crippen LogP contribution in [0.25, 0.3) is 0 Å². The van der Waals surface area contributed by atoms with Crippen LogP contribution in [-0.2, 0) is 6.42 Å². The van der Waals surface area contributed by atoms with Gasteiger partial charge in [0, 0.05) is 30.5 Å². The fraction of sp³-hybridized carbons (Fsp3) is 0.647. The summed E-state index contributed by atoms with van der Waals surface area (Å²) in [6, 6.07) is 7.96. The highest BCUT2D eigenvalue weighted by atomic mass is 15.2. The summed E-state index contributed by atoms with van der Waals surface area (Å²) in [6.45, 7) is 2.41. The van der Waals surface area contributed by atoms with Gasteiger partial charge < -0.3 is 10.2 Å². The van der Waals surface area contributed by atoms with Crippen LogP contribution >= 0.6 is 0 Å². The minimum absolute atomic E-state index is 0.829. The van der Waals surface area contributed by atoms with Gasteiger partial charge in [-0.05, 0) is 55.7 Å². The second kappa shape index (κ2) is 4.73. The van der Waals surface area contributed by atoms with E-state index in [0.29, 0.717) is 0 Å². The first-order valence-electron chi connectivity index (χ1n) is 8.05. The largest absolute Gasteiger partial charge is 0.385 e. The molecule has 0 radical (unpaired) electrons. The molecule has 2 unspecified atom stereocenters. The van der Waals surface area contributed by atoms with Crippen molar-refractivity contribution in [2.75, 3.05) is 23.3 Å². The minimum Gasteiger partial charge on any atom is -0.385 e. The summed E-state index contributed by atoms with van der Waals surface area (Å²) in [6.07, 6.45) is 9.70. The molecule has 1 N–H and O–H groups in total. The minimum atomic E-state index is 0.829. The lowest BCUT2D eigenvalue weighted by Gasteiger charge is -2.34. The van der Waals surface area contributed by atoms with E-state index in [4.69, 9.17) is 0 Å². The summed E-state index contributed by atoms with van der Waals surface area (Å²) in [5.74, 6) is 0.970. The number of anilines is 2. The zero-order valence-corrected chi connectivity index (χ0v) is 11.7. The lowest BCUT2D eigenvalue weighted by molar-refractivity contribution is 0.342. The Morgan fingerprint density at radius 1 is 1.05 bits per heavy atom. The van der Waals surface area contributed by atoms with Gasteiger partial charge in [0.1, 0.15) is 0 Å². The second-order valence-electron chi connectivity index (χ2n) is 6.47. The predicted molar refractivity (Wildman–Crippen MR) is 81.0 cm³/mol. The Morgan fingerprint density at radius 2 is 2.00 bits per heavy atom. The van der Waals surface area contributed by atoms with Crippen LogP contribution in [0.15, 0.2) is 18.2 Å². The topological polar surface area (TPSA) is 15.3 Å². The summed E-state index contributed by atoms with van der Waals surface area (Å²) in [7, 11) is 0. The summed E-state index contributed by atoms with van der Waals surface area (Å²) in [4.78, 5) is 2.69. The second-order valence-corrected chi connectivity index (χ2v) is 6.47. The van der Waals surface area contributed by atoms with Crippen LogP contribution in [0, 0.1) is 5.92 Å². The summed E-state index contributed by atoms with van der Waals surface area (Å²) >= 11 is 0. The monoisotopic (exact) mass is 256 g/mol. The highest BCUT2D eigenvalue weighted by molar-refractivity contribution is 5.64. The Hall–Kier alpha value is -1.18. The number of nitrogens with zero attached hydrogens (tertiary/aromatic N) is 1. The molecule has 3 aliphatic rings. The van der Waals surface area contributed by atoms with Gasteiger partial charge in [-0.2, -0.15) is 0 Å². The van der Waals surface area contributed by atoms with E-state index in [1.54, 1.807) is 0 Å². The van der Waals surface area contributed by atoms with E-state index in [0.717, 1.165) is 18.5 Å². The maximum atomic E-state index is 3.57. The Balaban J connectivity index is 1.61. The van der Waals surface area contributed by atoms with Crippen LogP contribution < -0.4 is 10.2 Å². The average molecular weight is 256 g/mol. The van der Waals surface area contributed by atoms with Gasteiger partial charge in [-0.3, -0.25) is 0 Å². The summed E-state index contributed by atoms with van der Waals surface area (Å²) in [5.41, 5.74) is 4.36. The van der Waals surface area contributed by atoms with Gasteiger partial charge >= 0.3 is 0 Å². The van der Waals surface area contributed by atoms with Gasteiger partial charge in [-0.15, -0.1) is 0 Å². The molecule has 4 rings (SSSR count). The van der Waals surface area contributed by atoms with E-state index in [1.807, 2.05) is 0 Å². The van der Waals surface area contributed by atoms with Gasteiger partial charge in [-0.1, -0.05) is 18.9 Å². The normalized spacial score (nSPS) is 29.6. The number of hydrogen-bond donors (Lipinski definition) is 1. The highest BCUT2D eigenvalue weighted by Crippen LogP contribution is 2.40. The molecule has 0 bridgehead atoms. The quantitative estimate of drug-likeness (QED) is 0.822. The first-order chi connectivity index (χ1) is 9.42. The van der Waals surface area contributed by atoms with E-state index < -0.39 is 0 Å². The molecular formula is C17H24N2. The van der Waals surface area contributed by atoms with Crippen LogP contribution in [0.2, 0.25) is 0 Å². The zero-order chi connectivity index (χ0) is 12.7. The molecule has 2 atom stereocenters. The number of hydrogen-bond acceptors (Lipinski definition) is 2. The standard InChI is InChI=1S/C17H24N2/c1-2-6-17-14(4-1)9-11-19(17)15-8-7-13-5-3-10-18-16(13)12-15/h7-8,12,14,17-18H,1-6,9-11H2. The third kappa shape index (κ3) is 2.01. The van der Waals surface area contributed by atoms with Crippen molar-refractivity contribution < 1.29 is 0 Å². The average Bonchev–Trinajstić information content (AvgIpc) is 2.91. The number of rotatable bonds is 1.